The molecule has 2 saturated heterocycles. The summed E-state index contributed by atoms with van der Waals surface area (Å²) in [5.41, 5.74) is 0.950. The molecule has 4 heterocycles. The van der Waals surface area contributed by atoms with Gasteiger partial charge in [0, 0.05) is 26.1 Å². The van der Waals surface area contributed by atoms with Crippen LogP contribution in [-0.4, -0.2) is 45.5 Å². The van der Waals surface area contributed by atoms with Crippen LogP contribution in [0.2, 0.25) is 0 Å². The maximum absolute atomic E-state index is 12.8. The molecule has 1 aromatic heterocycles. The Morgan fingerprint density at radius 3 is 2.91 bits per heavy atom. The molecule has 3 aliphatic rings. The number of fused-ring (bicyclic) bond motifs is 1. The Bertz CT molecular complexity index is 680. The quantitative estimate of drug-likeness (QED) is 0.746. The molecule has 1 unspecified atom stereocenters. The standard InChI is InChI=1S/C15H18N4O3/c20-12-7-15(14(22)17-12)4-6-18(9-15)13(21)10-8-16-19-5-2-1-3-11(10)19/h8H,1-7,9H2,(H,17,20,22). The van der Waals surface area contributed by atoms with Gasteiger partial charge in [-0.3, -0.25) is 24.4 Å². The highest BCUT2D eigenvalue weighted by molar-refractivity contribution is 6.07. The number of amides is 3. The topological polar surface area (TPSA) is 84.3 Å². The van der Waals surface area contributed by atoms with E-state index in [-0.39, 0.29) is 24.1 Å². The van der Waals surface area contributed by atoms with E-state index < -0.39 is 5.41 Å². The van der Waals surface area contributed by atoms with E-state index in [4.69, 9.17) is 0 Å². The zero-order valence-corrected chi connectivity index (χ0v) is 12.3. The Morgan fingerprint density at radius 1 is 1.27 bits per heavy atom. The van der Waals surface area contributed by atoms with Crippen LogP contribution in [0.4, 0.5) is 0 Å². The minimum Gasteiger partial charge on any atom is -0.337 e. The molecule has 1 aromatic rings. The second-order valence-corrected chi connectivity index (χ2v) is 6.50. The summed E-state index contributed by atoms with van der Waals surface area (Å²) in [6, 6.07) is 0. The van der Waals surface area contributed by atoms with Gasteiger partial charge in [-0.1, -0.05) is 0 Å². The lowest BCUT2D eigenvalue weighted by atomic mass is 9.85. The van der Waals surface area contributed by atoms with Crippen molar-refractivity contribution < 1.29 is 14.4 Å². The Balaban J connectivity index is 1.56. The number of carbonyl (C=O) groups is 3. The first-order chi connectivity index (χ1) is 10.6. The molecule has 4 rings (SSSR count). The van der Waals surface area contributed by atoms with E-state index >= 15 is 0 Å². The lowest BCUT2D eigenvalue weighted by Gasteiger charge is -2.21. The maximum atomic E-state index is 12.8. The van der Waals surface area contributed by atoms with Gasteiger partial charge in [0.2, 0.25) is 11.8 Å². The molecule has 0 bridgehead atoms. The second-order valence-electron chi connectivity index (χ2n) is 6.50. The summed E-state index contributed by atoms with van der Waals surface area (Å²) in [5, 5.41) is 6.66. The van der Waals surface area contributed by atoms with Gasteiger partial charge < -0.3 is 4.90 Å². The number of hydrogen-bond donors (Lipinski definition) is 1. The number of nitrogens with zero attached hydrogens (tertiary/aromatic N) is 3. The molecule has 3 amide bonds. The highest BCUT2D eigenvalue weighted by Gasteiger charge is 2.52. The van der Waals surface area contributed by atoms with Crippen molar-refractivity contribution in [2.75, 3.05) is 13.1 Å². The summed E-state index contributed by atoms with van der Waals surface area (Å²) < 4.78 is 1.91. The fourth-order valence-corrected chi connectivity index (χ4v) is 3.84. The second kappa shape index (κ2) is 4.66. The van der Waals surface area contributed by atoms with Gasteiger partial charge in [0.05, 0.1) is 22.9 Å². The number of carbonyl (C=O) groups excluding carboxylic acids is 3. The number of hydrogen-bond acceptors (Lipinski definition) is 4. The number of aryl methyl sites for hydroxylation is 1. The maximum Gasteiger partial charge on any atom is 0.257 e. The van der Waals surface area contributed by atoms with Crippen molar-refractivity contribution in [1.82, 2.24) is 20.0 Å². The fraction of sp³-hybridized carbons (Fsp3) is 0.600. The Morgan fingerprint density at radius 2 is 2.14 bits per heavy atom. The van der Waals surface area contributed by atoms with Crippen LogP contribution in [0.5, 0.6) is 0 Å². The molecule has 1 atom stereocenters. The van der Waals surface area contributed by atoms with Crippen LogP contribution in [0.3, 0.4) is 0 Å². The molecule has 2 fully saturated rings. The molecule has 1 N–H and O–H groups in total. The largest absolute Gasteiger partial charge is 0.337 e. The highest BCUT2D eigenvalue weighted by atomic mass is 16.2. The van der Waals surface area contributed by atoms with Crippen molar-refractivity contribution in [3.63, 3.8) is 0 Å². The summed E-state index contributed by atoms with van der Waals surface area (Å²) >= 11 is 0. The molecular weight excluding hydrogens is 284 g/mol. The van der Waals surface area contributed by atoms with E-state index in [0.29, 0.717) is 25.1 Å². The molecule has 22 heavy (non-hydrogen) atoms. The molecule has 7 heteroatoms. The van der Waals surface area contributed by atoms with Crippen LogP contribution in [0.1, 0.15) is 41.7 Å². The third-order valence-electron chi connectivity index (χ3n) is 5.09. The lowest BCUT2D eigenvalue weighted by Crippen LogP contribution is -2.37. The molecule has 0 radical (unpaired) electrons. The molecule has 0 aliphatic carbocycles. The van der Waals surface area contributed by atoms with E-state index in [1.165, 1.54) is 0 Å². The van der Waals surface area contributed by atoms with Crippen LogP contribution in [0.15, 0.2) is 6.20 Å². The molecule has 0 saturated carbocycles. The van der Waals surface area contributed by atoms with Crippen LogP contribution < -0.4 is 5.32 Å². The summed E-state index contributed by atoms with van der Waals surface area (Å²) in [5.74, 6) is -0.528. The van der Waals surface area contributed by atoms with Gasteiger partial charge in [0.15, 0.2) is 0 Å². The summed E-state index contributed by atoms with van der Waals surface area (Å²) in [7, 11) is 0. The monoisotopic (exact) mass is 302 g/mol. The molecule has 1 spiro atoms. The normalized spacial score (nSPS) is 27.4. The minimum atomic E-state index is -0.708. The van der Waals surface area contributed by atoms with Gasteiger partial charge in [-0.25, -0.2) is 0 Å². The Labute approximate surface area is 127 Å². The predicted octanol–water partition coefficient (Wildman–Crippen LogP) is 0.0982. The minimum absolute atomic E-state index is 0.0628. The van der Waals surface area contributed by atoms with Gasteiger partial charge in [-0.15, -0.1) is 0 Å². The first-order valence-corrected chi connectivity index (χ1v) is 7.77. The van der Waals surface area contributed by atoms with Crippen molar-refractivity contribution in [2.45, 2.75) is 38.6 Å². The van der Waals surface area contributed by atoms with E-state index in [2.05, 4.69) is 10.4 Å². The van der Waals surface area contributed by atoms with Crippen molar-refractivity contribution >= 4 is 17.7 Å². The van der Waals surface area contributed by atoms with Crippen LogP contribution in [0.25, 0.3) is 0 Å². The Hall–Kier alpha value is -2.18. The third-order valence-corrected chi connectivity index (χ3v) is 5.09. The third kappa shape index (κ3) is 1.88. The highest BCUT2D eigenvalue weighted by Crippen LogP contribution is 2.38. The zero-order chi connectivity index (χ0) is 15.3. The average Bonchev–Trinajstić information content (AvgIpc) is 3.17. The average molecular weight is 302 g/mol. The van der Waals surface area contributed by atoms with E-state index in [9.17, 15) is 14.4 Å². The van der Waals surface area contributed by atoms with Crippen molar-refractivity contribution in [2.24, 2.45) is 5.41 Å². The lowest BCUT2D eigenvalue weighted by molar-refractivity contribution is -0.128. The first kappa shape index (κ1) is 13.5. The van der Waals surface area contributed by atoms with Gasteiger partial charge in [0.1, 0.15) is 0 Å². The molecule has 7 nitrogen and oxygen atoms in total. The summed E-state index contributed by atoms with van der Waals surface area (Å²) in [6.07, 6.45) is 5.44. The van der Waals surface area contributed by atoms with Gasteiger partial charge in [-0.05, 0) is 25.7 Å². The smallest absolute Gasteiger partial charge is 0.257 e. The van der Waals surface area contributed by atoms with Crippen molar-refractivity contribution in [3.8, 4) is 0 Å². The number of rotatable bonds is 1. The molecule has 116 valence electrons. The number of nitrogens with one attached hydrogen (secondary N) is 1. The molecule has 0 aromatic carbocycles. The van der Waals surface area contributed by atoms with Crippen LogP contribution in [-0.2, 0) is 22.6 Å². The number of likely N-dealkylation sites (tertiary alicyclic amines) is 1. The molecular formula is C15H18N4O3. The van der Waals surface area contributed by atoms with E-state index in [0.717, 1.165) is 31.5 Å². The number of imide groups is 1. The van der Waals surface area contributed by atoms with E-state index in [1.807, 2.05) is 4.68 Å². The van der Waals surface area contributed by atoms with Crippen LogP contribution >= 0.6 is 0 Å². The van der Waals surface area contributed by atoms with Crippen LogP contribution in [0, 0.1) is 5.41 Å². The predicted molar refractivity (Wildman–Crippen MR) is 75.9 cm³/mol. The molecule has 3 aliphatic heterocycles. The number of aromatic nitrogens is 2. The zero-order valence-electron chi connectivity index (χ0n) is 12.3. The van der Waals surface area contributed by atoms with E-state index in [1.54, 1.807) is 11.1 Å². The van der Waals surface area contributed by atoms with Gasteiger partial charge in [-0.2, -0.15) is 5.10 Å². The van der Waals surface area contributed by atoms with Crippen molar-refractivity contribution in [3.05, 3.63) is 17.5 Å². The first-order valence-electron chi connectivity index (χ1n) is 7.77. The summed E-state index contributed by atoms with van der Waals surface area (Å²) in [6.45, 7) is 1.71. The summed E-state index contributed by atoms with van der Waals surface area (Å²) in [4.78, 5) is 37.9. The SMILES string of the molecule is O=C1CC2(CCN(C(=O)c3cnn4c3CCCC4)C2)C(=O)N1. The Kier molecular flexibility index (Phi) is 2.85. The van der Waals surface area contributed by atoms with Gasteiger partial charge >= 0.3 is 0 Å². The fourth-order valence-electron chi connectivity index (χ4n) is 3.84. The van der Waals surface area contributed by atoms with Crippen molar-refractivity contribution in [1.29, 1.82) is 0 Å². The van der Waals surface area contributed by atoms with Gasteiger partial charge in [0.25, 0.3) is 5.91 Å².